The summed E-state index contributed by atoms with van der Waals surface area (Å²) in [6, 6.07) is 10.9. The van der Waals surface area contributed by atoms with E-state index < -0.39 is 0 Å². The Morgan fingerprint density at radius 2 is 1.95 bits per heavy atom. The molecule has 1 aromatic carbocycles. The lowest BCUT2D eigenvalue weighted by atomic mass is 10.2. The molecule has 1 aliphatic heterocycles. The monoisotopic (exact) mass is 272 g/mol. The molecule has 2 aromatic rings. The second-order valence-corrected chi connectivity index (χ2v) is 6.09. The van der Waals surface area contributed by atoms with E-state index in [9.17, 15) is 0 Å². The van der Waals surface area contributed by atoms with Gasteiger partial charge in [-0.25, -0.2) is 0 Å². The van der Waals surface area contributed by atoms with Crippen LogP contribution >= 0.6 is 11.3 Å². The van der Waals surface area contributed by atoms with Crippen LogP contribution in [-0.4, -0.2) is 13.1 Å². The van der Waals surface area contributed by atoms with Crippen molar-refractivity contribution in [3.05, 3.63) is 46.2 Å². The molecule has 1 aromatic heterocycles. The van der Waals surface area contributed by atoms with Crippen molar-refractivity contribution in [1.82, 2.24) is 0 Å². The fourth-order valence-electron chi connectivity index (χ4n) is 2.62. The Bertz CT molecular complexity index is 541. The first kappa shape index (κ1) is 12.5. The highest BCUT2D eigenvalue weighted by Gasteiger charge is 2.15. The lowest BCUT2D eigenvalue weighted by Crippen LogP contribution is -2.19. The van der Waals surface area contributed by atoms with Crippen molar-refractivity contribution < 1.29 is 0 Å². The molecule has 0 radical (unpaired) electrons. The highest BCUT2D eigenvalue weighted by atomic mass is 32.1. The third-order valence-corrected chi connectivity index (χ3v) is 4.78. The summed E-state index contributed by atoms with van der Waals surface area (Å²) >= 11 is 1.83. The first-order chi connectivity index (χ1) is 9.34. The zero-order valence-corrected chi connectivity index (χ0v) is 12.2. The summed E-state index contributed by atoms with van der Waals surface area (Å²) < 4.78 is 0. The number of nitrogens with one attached hydrogen (secondary N) is 1. The molecule has 2 heterocycles. The molecular formula is C16H20N2S. The van der Waals surface area contributed by atoms with Crippen LogP contribution in [0.3, 0.4) is 0 Å². The van der Waals surface area contributed by atoms with Crippen LogP contribution in [-0.2, 0) is 6.54 Å². The lowest BCUT2D eigenvalue weighted by molar-refractivity contribution is 0.949. The van der Waals surface area contributed by atoms with Gasteiger partial charge in [-0.3, -0.25) is 0 Å². The van der Waals surface area contributed by atoms with Crippen LogP contribution in [0.5, 0.6) is 0 Å². The molecule has 0 spiro atoms. The molecule has 0 atom stereocenters. The van der Waals surface area contributed by atoms with Crippen molar-refractivity contribution in [3.63, 3.8) is 0 Å². The van der Waals surface area contributed by atoms with Crippen LogP contribution in [0, 0.1) is 6.92 Å². The van der Waals surface area contributed by atoms with Crippen LogP contribution in [0.2, 0.25) is 0 Å². The quantitative estimate of drug-likeness (QED) is 0.894. The zero-order valence-electron chi connectivity index (χ0n) is 11.4. The van der Waals surface area contributed by atoms with E-state index in [-0.39, 0.29) is 0 Å². The van der Waals surface area contributed by atoms with E-state index in [1.807, 2.05) is 11.3 Å². The number of anilines is 2. The Balaban J connectivity index is 1.75. The number of hydrogen-bond acceptors (Lipinski definition) is 3. The van der Waals surface area contributed by atoms with Gasteiger partial charge in [0.25, 0.3) is 0 Å². The van der Waals surface area contributed by atoms with Crippen molar-refractivity contribution in [3.8, 4) is 0 Å². The molecule has 0 amide bonds. The van der Waals surface area contributed by atoms with E-state index in [0.717, 1.165) is 6.54 Å². The van der Waals surface area contributed by atoms with Gasteiger partial charge < -0.3 is 10.2 Å². The van der Waals surface area contributed by atoms with Crippen LogP contribution in [0.1, 0.15) is 23.3 Å². The third kappa shape index (κ3) is 2.76. The van der Waals surface area contributed by atoms with E-state index in [1.54, 1.807) is 0 Å². The van der Waals surface area contributed by atoms with Gasteiger partial charge in [-0.05, 0) is 48.9 Å². The van der Waals surface area contributed by atoms with Gasteiger partial charge in [0.15, 0.2) is 0 Å². The molecule has 0 bridgehead atoms. The normalized spacial score (nSPS) is 14.9. The summed E-state index contributed by atoms with van der Waals surface area (Å²) in [4.78, 5) is 3.92. The summed E-state index contributed by atoms with van der Waals surface area (Å²) in [5.74, 6) is 0. The topological polar surface area (TPSA) is 15.3 Å². The van der Waals surface area contributed by atoms with E-state index in [4.69, 9.17) is 0 Å². The predicted molar refractivity (Wildman–Crippen MR) is 84.3 cm³/mol. The van der Waals surface area contributed by atoms with Gasteiger partial charge in [0.1, 0.15) is 0 Å². The second-order valence-electron chi connectivity index (χ2n) is 5.09. The molecule has 19 heavy (non-hydrogen) atoms. The van der Waals surface area contributed by atoms with Gasteiger partial charge in [0, 0.05) is 24.5 Å². The minimum atomic E-state index is 0.925. The first-order valence-corrected chi connectivity index (χ1v) is 7.83. The second kappa shape index (κ2) is 5.66. The summed E-state index contributed by atoms with van der Waals surface area (Å²) in [7, 11) is 0. The molecule has 1 N–H and O–H groups in total. The third-order valence-electron chi connectivity index (χ3n) is 3.76. The SMILES string of the molecule is Cc1ccsc1CNc1ccccc1N1CCCC1. The van der Waals surface area contributed by atoms with Crippen molar-refractivity contribution in [1.29, 1.82) is 0 Å². The number of rotatable bonds is 4. The molecule has 1 aliphatic rings. The first-order valence-electron chi connectivity index (χ1n) is 6.95. The minimum absolute atomic E-state index is 0.925. The number of para-hydroxylation sites is 2. The summed E-state index contributed by atoms with van der Waals surface area (Å²) in [5, 5.41) is 5.77. The predicted octanol–water partition coefficient (Wildman–Crippen LogP) is 4.27. The molecule has 1 fully saturated rings. The molecular weight excluding hydrogens is 252 g/mol. The average Bonchev–Trinajstić information content (AvgIpc) is 3.08. The highest BCUT2D eigenvalue weighted by Crippen LogP contribution is 2.29. The number of hydrogen-bond donors (Lipinski definition) is 1. The molecule has 0 unspecified atom stereocenters. The van der Waals surface area contributed by atoms with Crippen molar-refractivity contribution in [2.75, 3.05) is 23.3 Å². The maximum atomic E-state index is 3.60. The Hall–Kier alpha value is -1.48. The Labute approximate surface area is 119 Å². The van der Waals surface area contributed by atoms with Gasteiger partial charge in [-0.1, -0.05) is 12.1 Å². The smallest absolute Gasteiger partial charge is 0.0602 e. The maximum Gasteiger partial charge on any atom is 0.0602 e. The Morgan fingerprint density at radius 1 is 1.16 bits per heavy atom. The number of thiophene rings is 1. The van der Waals surface area contributed by atoms with Crippen molar-refractivity contribution in [2.24, 2.45) is 0 Å². The number of benzene rings is 1. The van der Waals surface area contributed by atoms with Crippen LogP contribution in [0.25, 0.3) is 0 Å². The Kier molecular flexibility index (Phi) is 3.74. The number of nitrogens with zero attached hydrogens (tertiary/aromatic N) is 1. The fraction of sp³-hybridized carbons (Fsp3) is 0.375. The maximum absolute atomic E-state index is 3.60. The van der Waals surface area contributed by atoms with Crippen molar-refractivity contribution >= 4 is 22.7 Å². The van der Waals surface area contributed by atoms with Gasteiger partial charge >= 0.3 is 0 Å². The standard InChI is InChI=1S/C16H20N2S/c1-13-8-11-19-16(13)12-17-14-6-2-3-7-15(14)18-9-4-5-10-18/h2-3,6-8,11,17H,4-5,9-10,12H2,1H3. The van der Waals surface area contributed by atoms with E-state index in [2.05, 4.69) is 52.9 Å². The molecule has 0 aliphatic carbocycles. The number of aryl methyl sites for hydroxylation is 1. The van der Waals surface area contributed by atoms with E-state index in [1.165, 1.54) is 47.7 Å². The van der Waals surface area contributed by atoms with Gasteiger partial charge in [0.05, 0.1) is 11.4 Å². The van der Waals surface area contributed by atoms with Gasteiger partial charge in [0.2, 0.25) is 0 Å². The van der Waals surface area contributed by atoms with Crippen LogP contribution in [0.15, 0.2) is 35.7 Å². The lowest BCUT2D eigenvalue weighted by Gasteiger charge is -2.21. The van der Waals surface area contributed by atoms with Crippen LogP contribution < -0.4 is 10.2 Å². The van der Waals surface area contributed by atoms with E-state index in [0.29, 0.717) is 0 Å². The molecule has 2 nitrogen and oxygen atoms in total. The van der Waals surface area contributed by atoms with Gasteiger partial charge in [-0.2, -0.15) is 0 Å². The molecule has 0 saturated carbocycles. The van der Waals surface area contributed by atoms with Gasteiger partial charge in [-0.15, -0.1) is 11.3 Å². The largest absolute Gasteiger partial charge is 0.378 e. The zero-order chi connectivity index (χ0) is 13.1. The molecule has 100 valence electrons. The highest BCUT2D eigenvalue weighted by molar-refractivity contribution is 7.10. The summed E-state index contributed by atoms with van der Waals surface area (Å²) in [6.45, 7) is 5.49. The summed E-state index contributed by atoms with van der Waals surface area (Å²) in [5.41, 5.74) is 4.00. The van der Waals surface area contributed by atoms with E-state index >= 15 is 0 Å². The molecule has 3 rings (SSSR count). The fourth-order valence-corrected chi connectivity index (χ4v) is 3.46. The molecule has 1 saturated heterocycles. The van der Waals surface area contributed by atoms with Crippen LogP contribution in [0.4, 0.5) is 11.4 Å². The van der Waals surface area contributed by atoms with Crippen molar-refractivity contribution in [2.45, 2.75) is 26.3 Å². The summed E-state index contributed by atoms with van der Waals surface area (Å²) in [6.07, 6.45) is 2.64. The molecule has 3 heteroatoms. The minimum Gasteiger partial charge on any atom is -0.378 e. The average molecular weight is 272 g/mol. The Morgan fingerprint density at radius 3 is 2.68 bits per heavy atom.